The first-order valence-corrected chi connectivity index (χ1v) is 8.80. The first kappa shape index (κ1) is 17.7. The zero-order chi connectivity index (χ0) is 15.9. The lowest BCUT2D eigenvalue weighted by Gasteiger charge is -2.32. The average molecular weight is 325 g/mol. The molecule has 0 aromatic heterocycles. The van der Waals surface area contributed by atoms with Crippen LogP contribution in [0.2, 0.25) is 5.02 Å². The molecule has 2 rings (SSSR count). The number of nitrogens with zero attached hydrogens (tertiary/aromatic N) is 1. The topological polar surface area (TPSA) is 35.5 Å². The third kappa shape index (κ3) is 5.88. The molecule has 0 bridgehead atoms. The Balaban J connectivity index is 1.64. The minimum absolute atomic E-state index is 0.183. The van der Waals surface area contributed by atoms with Gasteiger partial charge in [-0.3, -0.25) is 4.90 Å². The lowest BCUT2D eigenvalue weighted by atomic mass is 10.0. The maximum absolute atomic E-state index is 9.82. The molecule has 1 aliphatic rings. The first-order valence-electron chi connectivity index (χ1n) is 8.43. The van der Waals surface area contributed by atoms with Gasteiger partial charge in [0.25, 0.3) is 0 Å². The number of benzene rings is 1. The zero-order valence-electron chi connectivity index (χ0n) is 13.8. The van der Waals surface area contributed by atoms with E-state index in [2.05, 4.69) is 36.2 Å². The van der Waals surface area contributed by atoms with Gasteiger partial charge in [-0.1, -0.05) is 37.6 Å². The van der Waals surface area contributed by atoms with Crippen molar-refractivity contribution in [1.29, 1.82) is 0 Å². The zero-order valence-corrected chi connectivity index (χ0v) is 14.5. The Morgan fingerprint density at radius 2 is 1.86 bits per heavy atom. The van der Waals surface area contributed by atoms with Gasteiger partial charge in [0.05, 0.1) is 6.10 Å². The lowest BCUT2D eigenvalue weighted by Crippen LogP contribution is -2.43. The number of aliphatic hydroxyl groups is 1. The SMILES string of the molecule is CC(C)C(O)CCNC1CCN(Cc2ccc(Cl)cc2)CC1. The van der Waals surface area contributed by atoms with E-state index in [0.29, 0.717) is 12.0 Å². The van der Waals surface area contributed by atoms with Crippen LogP contribution in [0.25, 0.3) is 0 Å². The molecule has 1 unspecified atom stereocenters. The quantitative estimate of drug-likeness (QED) is 0.808. The summed E-state index contributed by atoms with van der Waals surface area (Å²) in [6.07, 6.45) is 3.04. The number of piperidine rings is 1. The van der Waals surface area contributed by atoms with Crippen molar-refractivity contribution in [1.82, 2.24) is 10.2 Å². The van der Waals surface area contributed by atoms with Crippen LogP contribution in [0, 0.1) is 5.92 Å². The summed E-state index contributed by atoms with van der Waals surface area (Å²) in [6.45, 7) is 8.33. The molecule has 1 aliphatic heterocycles. The van der Waals surface area contributed by atoms with Gasteiger partial charge in [0.1, 0.15) is 0 Å². The molecule has 0 radical (unpaired) electrons. The van der Waals surface area contributed by atoms with Crippen molar-refractivity contribution in [2.75, 3.05) is 19.6 Å². The molecule has 1 fully saturated rings. The summed E-state index contributed by atoms with van der Waals surface area (Å²) in [6, 6.07) is 8.75. The Bertz CT molecular complexity index is 427. The standard InChI is InChI=1S/C18H29ClN2O/c1-14(2)18(22)7-10-20-17-8-11-21(12-9-17)13-15-3-5-16(19)6-4-15/h3-6,14,17-18,20,22H,7-13H2,1-2H3. The molecule has 0 spiro atoms. The molecular formula is C18H29ClN2O. The number of likely N-dealkylation sites (tertiary alicyclic amines) is 1. The van der Waals surface area contributed by atoms with E-state index in [1.54, 1.807) is 0 Å². The molecule has 1 atom stereocenters. The number of aliphatic hydroxyl groups excluding tert-OH is 1. The van der Waals surface area contributed by atoms with Gasteiger partial charge in [0.2, 0.25) is 0 Å². The normalized spacial score (nSPS) is 18.8. The molecule has 1 aromatic rings. The highest BCUT2D eigenvalue weighted by molar-refractivity contribution is 6.30. The van der Waals surface area contributed by atoms with Gasteiger partial charge in [-0.25, -0.2) is 0 Å². The van der Waals surface area contributed by atoms with Crippen molar-refractivity contribution in [3.05, 3.63) is 34.9 Å². The van der Waals surface area contributed by atoms with Crippen LogP contribution in [0.4, 0.5) is 0 Å². The molecule has 4 heteroatoms. The van der Waals surface area contributed by atoms with Crippen LogP contribution in [0.5, 0.6) is 0 Å². The second-order valence-electron chi connectivity index (χ2n) is 6.73. The van der Waals surface area contributed by atoms with Gasteiger partial charge >= 0.3 is 0 Å². The fraction of sp³-hybridized carbons (Fsp3) is 0.667. The molecular weight excluding hydrogens is 296 g/mol. The summed E-state index contributed by atoms with van der Waals surface area (Å²) in [5.41, 5.74) is 1.33. The fourth-order valence-electron chi connectivity index (χ4n) is 2.91. The third-order valence-corrected chi connectivity index (χ3v) is 4.80. The fourth-order valence-corrected chi connectivity index (χ4v) is 3.04. The Kier molecular flexibility index (Phi) is 7.16. The van der Waals surface area contributed by atoms with Gasteiger partial charge in [0.15, 0.2) is 0 Å². The highest BCUT2D eigenvalue weighted by Crippen LogP contribution is 2.16. The molecule has 0 aliphatic carbocycles. The smallest absolute Gasteiger partial charge is 0.0575 e. The largest absolute Gasteiger partial charge is 0.393 e. The molecule has 2 N–H and O–H groups in total. The second-order valence-corrected chi connectivity index (χ2v) is 7.17. The van der Waals surface area contributed by atoms with Gasteiger partial charge in [-0.05, 0) is 62.5 Å². The van der Waals surface area contributed by atoms with Gasteiger partial charge in [-0.15, -0.1) is 0 Å². The van der Waals surface area contributed by atoms with E-state index in [0.717, 1.165) is 37.6 Å². The Morgan fingerprint density at radius 3 is 2.45 bits per heavy atom. The predicted octanol–water partition coefficient (Wildman–Crippen LogP) is 3.30. The van der Waals surface area contributed by atoms with E-state index < -0.39 is 0 Å². The third-order valence-electron chi connectivity index (χ3n) is 4.55. The molecule has 3 nitrogen and oxygen atoms in total. The number of halogens is 1. The molecule has 0 saturated carbocycles. The summed E-state index contributed by atoms with van der Waals surface area (Å²) in [5, 5.41) is 14.2. The maximum atomic E-state index is 9.82. The van der Waals surface area contributed by atoms with Crippen LogP contribution in [-0.4, -0.2) is 41.8 Å². The summed E-state index contributed by atoms with van der Waals surface area (Å²) >= 11 is 5.92. The van der Waals surface area contributed by atoms with Crippen molar-refractivity contribution < 1.29 is 5.11 Å². The van der Waals surface area contributed by atoms with Crippen molar-refractivity contribution in [2.24, 2.45) is 5.92 Å². The van der Waals surface area contributed by atoms with Gasteiger partial charge < -0.3 is 10.4 Å². The van der Waals surface area contributed by atoms with Crippen molar-refractivity contribution in [2.45, 2.75) is 51.8 Å². The van der Waals surface area contributed by atoms with E-state index in [1.807, 2.05) is 12.1 Å². The minimum Gasteiger partial charge on any atom is -0.393 e. The molecule has 1 aromatic carbocycles. The highest BCUT2D eigenvalue weighted by Gasteiger charge is 2.19. The molecule has 0 amide bonds. The number of hydrogen-bond acceptors (Lipinski definition) is 3. The average Bonchev–Trinajstić information content (AvgIpc) is 2.51. The van der Waals surface area contributed by atoms with Crippen LogP contribution in [0.3, 0.4) is 0 Å². The summed E-state index contributed by atoms with van der Waals surface area (Å²) in [4.78, 5) is 2.50. The lowest BCUT2D eigenvalue weighted by molar-refractivity contribution is 0.112. The predicted molar refractivity (Wildman–Crippen MR) is 93.2 cm³/mol. The monoisotopic (exact) mass is 324 g/mol. The summed E-state index contributed by atoms with van der Waals surface area (Å²) in [7, 11) is 0. The van der Waals surface area contributed by atoms with Gasteiger partial charge in [0, 0.05) is 17.6 Å². The van der Waals surface area contributed by atoms with Gasteiger partial charge in [-0.2, -0.15) is 0 Å². The molecule has 1 saturated heterocycles. The van der Waals surface area contributed by atoms with Crippen molar-refractivity contribution in [3.8, 4) is 0 Å². The summed E-state index contributed by atoms with van der Waals surface area (Å²) in [5.74, 6) is 0.350. The number of nitrogens with one attached hydrogen (secondary N) is 1. The van der Waals surface area contributed by atoms with Crippen LogP contribution < -0.4 is 5.32 Å². The van der Waals surface area contributed by atoms with Crippen molar-refractivity contribution >= 4 is 11.6 Å². The van der Waals surface area contributed by atoms with E-state index in [4.69, 9.17) is 11.6 Å². The molecule has 22 heavy (non-hydrogen) atoms. The number of hydrogen-bond donors (Lipinski definition) is 2. The Labute approximate surface area is 139 Å². The number of rotatable bonds is 7. The summed E-state index contributed by atoms with van der Waals surface area (Å²) < 4.78 is 0. The first-order chi connectivity index (χ1) is 10.5. The van der Waals surface area contributed by atoms with E-state index in [-0.39, 0.29) is 6.10 Å². The van der Waals surface area contributed by atoms with E-state index >= 15 is 0 Å². The Morgan fingerprint density at radius 1 is 1.23 bits per heavy atom. The highest BCUT2D eigenvalue weighted by atomic mass is 35.5. The van der Waals surface area contributed by atoms with Crippen LogP contribution >= 0.6 is 11.6 Å². The van der Waals surface area contributed by atoms with Crippen LogP contribution in [-0.2, 0) is 6.54 Å². The van der Waals surface area contributed by atoms with E-state index in [9.17, 15) is 5.11 Å². The second kappa shape index (κ2) is 8.88. The Hall–Kier alpha value is -0.610. The van der Waals surface area contributed by atoms with Crippen LogP contribution in [0.1, 0.15) is 38.7 Å². The van der Waals surface area contributed by atoms with Crippen molar-refractivity contribution in [3.63, 3.8) is 0 Å². The van der Waals surface area contributed by atoms with Crippen LogP contribution in [0.15, 0.2) is 24.3 Å². The minimum atomic E-state index is -0.183. The molecule has 124 valence electrons. The molecule has 1 heterocycles. The maximum Gasteiger partial charge on any atom is 0.0575 e. The van der Waals surface area contributed by atoms with E-state index in [1.165, 1.54) is 18.4 Å².